The van der Waals surface area contributed by atoms with E-state index >= 15 is 0 Å². The van der Waals surface area contributed by atoms with Crippen molar-refractivity contribution in [1.82, 2.24) is 10.2 Å². The number of hydrogen-bond acceptors (Lipinski definition) is 3. The van der Waals surface area contributed by atoms with E-state index in [1.54, 1.807) is 0 Å². The summed E-state index contributed by atoms with van der Waals surface area (Å²) in [6, 6.07) is 8.12. The zero-order valence-electron chi connectivity index (χ0n) is 15.7. The molecule has 0 aromatic heterocycles. The summed E-state index contributed by atoms with van der Waals surface area (Å²) < 4.78 is 0. The van der Waals surface area contributed by atoms with Gasteiger partial charge in [0.25, 0.3) is 0 Å². The van der Waals surface area contributed by atoms with Gasteiger partial charge >= 0.3 is 0 Å². The van der Waals surface area contributed by atoms with Gasteiger partial charge in [-0.3, -0.25) is 14.4 Å². The quantitative estimate of drug-likeness (QED) is 0.865. The minimum Gasteiger partial charge on any atom is -0.352 e. The van der Waals surface area contributed by atoms with E-state index in [0.29, 0.717) is 32.0 Å². The summed E-state index contributed by atoms with van der Waals surface area (Å²) in [6.07, 6.45) is 6.38. The Balaban J connectivity index is 1.29. The summed E-state index contributed by atoms with van der Waals surface area (Å²) in [5, 5.41) is 2.97. The molecule has 3 fully saturated rings. The van der Waals surface area contributed by atoms with Crippen molar-refractivity contribution in [3.63, 3.8) is 0 Å². The molecule has 144 valence electrons. The van der Waals surface area contributed by atoms with E-state index < -0.39 is 0 Å². The molecule has 2 saturated heterocycles. The number of nitrogens with zero attached hydrogens (tertiary/aromatic N) is 2. The van der Waals surface area contributed by atoms with Gasteiger partial charge in [-0.1, -0.05) is 25.0 Å². The zero-order valence-corrected chi connectivity index (χ0v) is 15.7. The van der Waals surface area contributed by atoms with Crippen molar-refractivity contribution in [1.29, 1.82) is 0 Å². The van der Waals surface area contributed by atoms with Crippen LogP contribution in [0.1, 0.15) is 50.5 Å². The van der Waals surface area contributed by atoms with Crippen LogP contribution in [0.15, 0.2) is 24.3 Å². The maximum atomic E-state index is 12.5. The highest BCUT2D eigenvalue weighted by atomic mass is 16.2. The first-order chi connectivity index (χ1) is 13.1. The Bertz CT molecular complexity index is 725. The molecule has 2 aliphatic heterocycles. The van der Waals surface area contributed by atoms with Crippen molar-refractivity contribution in [2.45, 2.75) is 57.5 Å². The molecular weight excluding hydrogens is 342 g/mol. The minimum atomic E-state index is -0.236. The molecule has 6 heteroatoms. The van der Waals surface area contributed by atoms with Crippen LogP contribution in [0.3, 0.4) is 0 Å². The van der Waals surface area contributed by atoms with Crippen molar-refractivity contribution in [3.8, 4) is 0 Å². The molecule has 3 amide bonds. The summed E-state index contributed by atoms with van der Waals surface area (Å²) >= 11 is 0. The largest absolute Gasteiger partial charge is 0.352 e. The Hall–Kier alpha value is -2.37. The van der Waals surface area contributed by atoms with Gasteiger partial charge in [-0.15, -0.1) is 0 Å². The molecular formula is C21H27N3O3. The molecule has 1 aromatic rings. The molecule has 3 aliphatic rings. The first kappa shape index (κ1) is 18.0. The SMILES string of the molecule is O=C(NCc1ccc(N2CCCC2=O)cc1)C1CC(=O)N(C2CCCC2)C1. The van der Waals surface area contributed by atoms with Gasteiger partial charge in [0.2, 0.25) is 17.7 Å². The maximum absolute atomic E-state index is 12.5. The zero-order chi connectivity index (χ0) is 18.8. The molecule has 1 unspecified atom stereocenters. The highest BCUT2D eigenvalue weighted by molar-refractivity contribution is 5.95. The fourth-order valence-electron chi connectivity index (χ4n) is 4.52. The second kappa shape index (κ2) is 7.71. The van der Waals surface area contributed by atoms with Crippen LogP contribution in [-0.4, -0.2) is 41.8 Å². The van der Waals surface area contributed by atoms with Crippen LogP contribution in [0.2, 0.25) is 0 Å². The van der Waals surface area contributed by atoms with Crippen LogP contribution < -0.4 is 10.2 Å². The number of benzene rings is 1. The normalized spacial score (nSPS) is 23.5. The van der Waals surface area contributed by atoms with Crippen LogP contribution in [-0.2, 0) is 20.9 Å². The van der Waals surface area contributed by atoms with Gasteiger partial charge in [-0.05, 0) is 37.0 Å². The average molecular weight is 369 g/mol. The number of nitrogens with one attached hydrogen (secondary N) is 1. The van der Waals surface area contributed by atoms with E-state index in [-0.39, 0.29) is 23.6 Å². The summed E-state index contributed by atoms with van der Waals surface area (Å²) in [5.74, 6) is 0.0256. The molecule has 0 spiro atoms. The molecule has 6 nitrogen and oxygen atoms in total. The summed E-state index contributed by atoms with van der Waals surface area (Å²) in [5.41, 5.74) is 1.91. The number of hydrogen-bond donors (Lipinski definition) is 1. The summed E-state index contributed by atoms with van der Waals surface area (Å²) in [4.78, 5) is 40.3. The van der Waals surface area contributed by atoms with Crippen LogP contribution in [0, 0.1) is 5.92 Å². The second-order valence-corrected chi connectivity index (χ2v) is 7.92. The first-order valence-corrected chi connectivity index (χ1v) is 10.1. The summed E-state index contributed by atoms with van der Waals surface area (Å²) in [6.45, 7) is 1.79. The molecule has 1 saturated carbocycles. The van der Waals surface area contributed by atoms with Crippen molar-refractivity contribution >= 4 is 23.4 Å². The van der Waals surface area contributed by atoms with Gasteiger partial charge in [0.1, 0.15) is 0 Å². The topological polar surface area (TPSA) is 69.7 Å². The number of carbonyl (C=O) groups excluding carboxylic acids is 3. The minimum absolute atomic E-state index is 0.0392. The Kier molecular flexibility index (Phi) is 5.14. The van der Waals surface area contributed by atoms with Gasteiger partial charge in [0.05, 0.1) is 5.92 Å². The lowest BCUT2D eigenvalue weighted by Gasteiger charge is -2.23. The molecule has 1 aliphatic carbocycles. The molecule has 1 N–H and O–H groups in total. The van der Waals surface area contributed by atoms with Crippen LogP contribution in [0.4, 0.5) is 5.69 Å². The third-order valence-corrected chi connectivity index (χ3v) is 6.08. The number of rotatable bonds is 5. The van der Waals surface area contributed by atoms with Gasteiger partial charge in [-0.2, -0.15) is 0 Å². The van der Waals surface area contributed by atoms with Crippen molar-refractivity contribution in [3.05, 3.63) is 29.8 Å². The lowest BCUT2D eigenvalue weighted by molar-refractivity contribution is -0.130. The first-order valence-electron chi connectivity index (χ1n) is 10.1. The Morgan fingerprint density at radius 1 is 1.04 bits per heavy atom. The fourth-order valence-corrected chi connectivity index (χ4v) is 4.52. The van der Waals surface area contributed by atoms with Crippen molar-refractivity contribution in [2.75, 3.05) is 18.0 Å². The molecule has 0 bridgehead atoms. The third kappa shape index (κ3) is 3.84. The van der Waals surface area contributed by atoms with Gasteiger partial charge in [-0.25, -0.2) is 0 Å². The molecule has 1 atom stereocenters. The lowest BCUT2D eigenvalue weighted by atomic mass is 10.1. The fraction of sp³-hybridized carbons (Fsp3) is 0.571. The predicted octanol–water partition coefficient (Wildman–Crippen LogP) is 2.22. The van der Waals surface area contributed by atoms with E-state index in [2.05, 4.69) is 5.32 Å². The Labute approximate surface area is 159 Å². The van der Waals surface area contributed by atoms with E-state index in [0.717, 1.165) is 37.1 Å². The second-order valence-electron chi connectivity index (χ2n) is 7.92. The standard InChI is InChI=1S/C21H27N3O3/c25-19-6-3-11-23(19)18-9-7-15(8-10-18)13-22-21(27)16-12-20(26)24(14-16)17-4-1-2-5-17/h7-10,16-17H,1-6,11-14H2,(H,22,27). The maximum Gasteiger partial charge on any atom is 0.227 e. The van der Waals surface area contributed by atoms with Crippen molar-refractivity contribution < 1.29 is 14.4 Å². The van der Waals surface area contributed by atoms with E-state index in [4.69, 9.17) is 0 Å². The molecule has 27 heavy (non-hydrogen) atoms. The Morgan fingerprint density at radius 3 is 2.44 bits per heavy atom. The lowest BCUT2D eigenvalue weighted by Crippen LogP contribution is -2.36. The highest BCUT2D eigenvalue weighted by Gasteiger charge is 2.38. The van der Waals surface area contributed by atoms with Crippen LogP contribution in [0.25, 0.3) is 0 Å². The smallest absolute Gasteiger partial charge is 0.227 e. The Morgan fingerprint density at radius 2 is 1.78 bits per heavy atom. The van der Waals surface area contributed by atoms with E-state index in [1.807, 2.05) is 34.1 Å². The van der Waals surface area contributed by atoms with E-state index in [1.165, 1.54) is 12.8 Å². The monoisotopic (exact) mass is 369 g/mol. The predicted molar refractivity (Wildman–Crippen MR) is 102 cm³/mol. The number of likely N-dealkylation sites (tertiary alicyclic amines) is 1. The van der Waals surface area contributed by atoms with Gasteiger partial charge in [0, 0.05) is 44.2 Å². The highest BCUT2D eigenvalue weighted by Crippen LogP contribution is 2.29. The summed E-state index contributed by atoms with van der Waals surface area (Å²) in [7, 11) is 0. The molecule has 0 radical (unpaired) electrons. The third-order valence-electron chi connectivity index (χ3n) is 6.08. The number of amides is 3. The molecule has 1 aromatic carbocycles. The number of anilines is 1. The number of carbonyl (C=O) groups is 3. The van der Waals surface area contributed by atoms with Crippen LogP contribution >= 0.6 is 0 Å². The molecule has 2 heterocycles. The van der Waals surface area contributed by atoms with Gasteiger partial charge < -0.3 is 15.1 Å². The average Bonchev–Trinajstić information content (AvgIpc) is 3.41. The van der Waals surface area contributed by atoms with E-state index in [9.17, 15) is 14.4 Å². The van der Waals surface area contributed by atoms with Crippen LogP contribution in [0.5, 0.6) is 0 Å². The molecule has 4 rings (SSSR count). The van der Waals surface area contributed by atoms with Gasteiger partial charge in [0.15, 0.2) is 0 Å². The van der Waals surface area contributed by atoms with Crippen molar-refractivity contribution in [2.24, 2.45) is 5.92 Å².